The molecular formula is C13H19NO. The first-order chi connectivity index (χ1) is 7.00. The van der Waals surface area contributed by atoms with E-state index in [-0.39, 0.29) is 5.78 Å². The largest absolute Gasteiger partial charge is 0.399 e. The number of carbonyl (C=O) groups is 1. The third kappa shape index (κ3) is 3.39. The lowest BCUT2D eigenvalue weighted by Crippen LogP contribution is -2.04. The summed E-state index contributed by atoms with van der Waals surface area (Å²) in [5.41, 5.74) is 8.14. The van der Waals surface area contributed by atoms with Crippen molar-refractivity contribution in [2.45, 2.75) is 33.6 Å². The second-order valence-corrected chi connectivity index (χ2v) is 4.43. The molecule has 0 spiro atoms. The number of aryl methyl sites for hydroxylation is 1. The molecule has 0 aliphatic heterocycles. The predicted molar refractivity (Wildman–Crippen MR) is 64.0 cm³/mol. The smallest absolute Gasteiger partial charge is 0.163 e. The first kappa shape index (κ1) is 11.8. The van der Waals surface area contributed by atoms with Crippen LogP contribution in [0.3, 0.4) is 0 Å². The average molecular weight is 205 g/mol. The molecule has 2 N–H and O–H groups in total. The van der Waals surface area contributed by atoms with Crippen molar-refractivity contribution in [3.63, 3.8) is 0 Å². The van der Waals surface area contributed by atoms with Gasteiger partial charge in [-0.1, -0.05) is 13.8 Å². The highest BCUT2D eigenvalue weighted by atomic mass is 16.1. The Kier molecular flexibility index (Phi) is 3.89. The fourth-order valence-corrected chi connectivity index (χ4v) is 1.55. The van der Waals surface area contributed by atoms with E-state index in [1.165, 1.54) is 0 Å². The summed E-state index contributed by atoms with van der Waals surface area (Å²) in [6, 6.07) is 5.46. The van der Waals surface area contributed by atoms with Gasteiger partial charge in [-0.2, -0.15) is 0 Å². The normalized spacial score (nSPS) is 10.7. The third-order valence-electron chi connectivity index (χ3n) is 2.50. The van der Waals surface area contributed by atoms with Crippen LogP contribution in [0.1, 0.15) is 42.6 Å². The summed E-state index contributed by atoms with van der Waals surface area (Å²) in [4.78, 5) is 11.8. The number of anilines is 1. The maximum absolute atomic E-state index is 11.8. The first-order valence-corrected chi connectivity index (χ1v) is 5.40. The fraction of sp³-hybridized carbons (Fsp3) is 0.462. The zero-order valence-electron chi connectivity index (χ0n) is 9.71. The number of Topliss-reactive ketones (excluding diaryl/α,β-unsaturated/α-hetero) is 1. The molecule has 0 atom stereocenters. The van der Waals surface area contributed by atoms with Crippen LogP contribution in [0.2, 0.25) is 0 Å². The number of carbonyl (C=O) groups excluding carboxylic acids is 1. The molecule has 0 aliphatic carbocycles. The summed E-state index contributed by atoms with van der Waals surface area (Å²) in [6.07, 6.45) is 1.57. The van der Waals surface area contributed by atoms with E-state index in [1.54, 1.807) is 6.07 Å². The molecule has 2 nitrogen and oxygen atoms in total. The molecule has 15 heavy (non-hydrogen) atoms. The number of rotatable bonds is 4. The van der Waals surface area contributed by atoms with Gasteiger partial charge in [-0.25, -0.2) is 0 Å². The van der Waals surface area contributed by atoms with Crippen molar-refractivity contribution in [3.05, 3.63) is 29.3 Å². The van der Waals surface area contributed by atoms with Crippen molar-refractivity contribution in [1.82, 2.24) is 0 Å². The summed E-state index contributed by atoms with van der Waals surface area (Å²) in [5, 5.41) is 0. The monoisotopic (exact) mass is 205 g/mol. The van der Waals surface area contributed by atoms with E-state index in [0.29, 0.717) is 18.0 Å². The topological polar surface area (TPSA) is 43.1 Å². The highest BCUT2D eigenvalue weighted by Gasteiger charge is 2.09. The summed E-state index contributed by atoms with van der Waals surface area (Å²) in [5.74, 6) is 0.796. The molecule has 0 bridgehead atoms. The predicted octanol–water partition coefficient (Wildman–Crippen LogP) is 3.20. The summed E-state index contributed by atoms with van der Waals surface area (Å²) in [7, 11) is 0. The van der Waals surface area contributed by atoms with Crippen molar-refractivity contribution < 1.29 is 4.79 Å². The number of hydrogen-bond donors (Lipinski definition) is 1. The van der Waals surface area contributed by atoms with Crippen LogP contribution in [-0.2, 0) is 0 Å². The van der Waals surface area contributed by atoms with Crippen molar-refractivity contribution in [2.24, 2.45) is 5.92 Å². The van der Waals surface area contributed by atoms with Gasteiger partial charge < -0.3 is 5.73 Å². The molecule has 0 aliphatic rings. The first-order valence-electron chi connectivity index (χ1n) is 5.40. The van der Waals surface area contributed by atoms with Gasteiger partial charge in [-0.05, 0) is 43.0 Å². The van der Waals surface area contributed by atoms with E-state index in [0.717, 1.165) is 17.5 Å². The van der Waals surface area contributed by atoms with Crippen LogP contribution in [0.4, 0.5) is 5.69 Å². The van der Waals surface area contributed by atoms with Gasteiger partial charge in [0.05, 0.1) is 0 Å². The minimum atomic E-state index is 0.223. The van der Waals surface area contributed by atoms with E-state index in [1.807, 2.05) is 19.1 Å². The van der Waals surface area contributed by atoms with E-state index in [9.17, 15) is 4.79 Å². The number of ketones is 1. The third-order valence-corrected chi connectivity index (χ3v) is 2.50. The van der Waals surface area contributed by atoms with Gasteiger partial charge in [0.1, 0.15) is 0 Å². The van der Waals surface area contributed by atoms with Gasteiger partial charge in [0, 0.05) is 17.7 Å². The molecule has 2 heteroatoms. The molecule has 82 valence electrons. The van der Waals surface area contributed by atoms with Crippen LogP contribution in [0.25, 0.3) is 0 Å². The lowest BCUT2D eigenvalue weighted by atomic mass is 9.98. The Balaban J connectivity index is 2.74. The highest BCUT2D eigenvalue weighted by Crippen LogP contribution is 2.16. The molecule has 0 unspecified atom stereocenters. The zero-order valence-corrected chi connectivity index (χ0v) is 9.71. The molecule has 0 fully saturated rings. The van der Waals surface area contributed by atoms with Gasteiger partial charge in [0.25, 0.3) is 0 Å². The van der Waals surface area contributed by atoms with E-state index >= 15 is 0 Å². The van der Waals surface area contributed by atoms with Gasteiger partial charge in [0.15, 0.2) is 5.78 Å². The van der Waals surface area contributed by atoms with Crippen LogP contribution in [-0.4, -0.2) is 5.78 Å². The molecule has 0 radical (unpaired) electrons. The molecule has 0 saturated carbocycles. The second-order valence-electron chi connectivity index (χ2n) is 4.43. The number of benzene rings is 1. The molecular weight excluding hydrogens is 186 g/mol. The summed E-state index contributed by atoms with van der Waals surface area (Å²) >= 11 is 0. The minimum absolute atomic E-state index is 0.223. The molecule has 0 aromatic heterocycles. The van der Waals surface area contributed by atoms with Crippen molar-refractivity contribution in [3.8, 4) is 0 Å². The zero-order chi connectivity index (χ0) is 11.4. The number of nitrogens with two attached hydrogens (primary N) is 1. The second kappa shape index (κ2) is 4.96. The molecule has 1 aromatic carbocycles. The lowest BCUT2D eigenvalue weighted by molar-refractivity contribution is 0.0975. The Hall–Kier alpha value is -1.31. The Morgan fingerprint density at radius 1 is 1.40 bits per heavy atom. The van der Waals surface area contributed by atoms with Crippen molar-refractivity contribution >= 4 is 11.5 Å². The lowest BCUT2D eigenvalue weighted by Gasteiger charge is -2.07. The molecule has 0 saturated heterocycles. The van der Waals surface area contributed by atoms with Gasteiger partial charge in [-0.15, -0.1) is 0 Å². The maximum Gasteiger partial charge on any atom is 0.163 e. The molecule has 0 heterocycles. The Bertz CT molecular complexity index is 356. The number of hydrogen-bond acceptors (Lipinski definition) is 2. The average Bonchev–Trinajstić information content (AvgIpc) is 2.14. The van der Waals surface area contributed by atoms with Crippen LogP contribution in [0.5, 0.6) is 0 Å². The summed E-state index contributed by atoms with van der Waals surface area (Å²) < 4.78 is 0. The molecule has 1 aromatic rings. The SMILES string of the molecule is Cc1cc(N)ccc1C(=O)CCC(C)C. The van der Waals surface area contributed by atoms with Crippen LogP contribution >= 0.6 is 0 Å². The molecule has 1 rings (SSSR count). The van der Waals surface area contributed by atoms with Crippen molar-refractivity contribution in [2.75, 3.05) is 5.73 Å². The van der Waals surface area contributed by atoms with Gasteiger partial charge in [0.2, 0.25) is 0 Å². The van der Waals surface area contributed by atoms with Crippen LogP contribution in [0, 0.1) is 12.8 Å². The van der Waals surface area contributed by atoms with Crippen LogP contribution in [0.15, 0.2) is 18.2 Å². The fourth-order valence-electron chi connectivity index (χ4n) is 1.55. The standard InChI is InChI=1S/C13H19NO/c1-9(2)4-7-13(15)12-6-5-11(14)8-10(12)3/h5-6,8-9H,4,7,14H2,1-3H3. The van der Waals surface area contributed by atoms with E-state index in [2.05, 4.69) is 13.8 Å². The van der Waals surface area contributed by atoms with E-state index < -0.39 is 0 Å². The van der Waals surface area contributed by atoms with E-state index in [4.69, 9.17) is 5.73 Å². The number of nitrogen functional groups attached to an aromatic ring is 1. The van der Waals surface area contributed by atoms with Gasteiger partial charge in [-0.3, -0.25) is 4.79 Å². The highest BCUT2D eigenvalue weighted by molar-refractivity contribution is 5.97. The maximum atomic E-state index is 11.8. The van der Waals surface area contributed by atoms with Gasteiger partial charge >= 0.3 is 0 Å². The summed E-state index contributed by atoms with van der Waals surface area (Å²) in [6.45, 7) is 6.19. The quantitative estimate of drug-likeness (QED) is 0.606. The van der Waals surface area contributed by atoms with Crippen LogP contribution < -0.4 is 5.73 Å². The Morgan fingerprint density at radius 2 is 2.07 bits per heavy atom. The Morgan fingerprint density at radius 3 is 2.60 bits per heavy atom. The Labute approximate surface area is 91.5 Å². The molecule has 0 amide bonds. The minimum Gasteiger partial charge on any atom is -0.399 e. The van der Waals surface area contributed by atoms with Crippen molar-refractivity contribution in [1.29, 1.82) is 0 Å².